The fourth-order valence-corrected chi connectivity index (χ4v) is 3.57. The number of carbonyl (C=O) groups is 1. The summed E-state index contributed by atoms with van der Waals surface area (Å²) in [7, 11) is 1.79. The van der Waals surface area contributed by atoms with Crippen LogP contribution in [0.1, 0.15) is 45.8 Å². The second-order valence-electron chi connectivity index (χ2n) is 7.32. The van der Waals surface area contributed by atoms with Crippen LogP contribution in [0.4, 0.5) is 19.0 Å². The predicted octanol–water partition coefficient (Wildman–Crippen LogP) is 3.52. The number of anilines is 1. The molecule has 7 nitrogen and oxygen atoms in total. The molecule has 0 bridgehead atoms. The summed E-state index contributed by atoms with van der Waals surface area (Å²) in [5.74, 6) is -0.376. The summed E-state index contributed by atoms with van der Waals surface area (Å²) in [5, 5.41) is 13.9. The minimum Gasteiger partial charge on any atom is -0.363 e. The standard InChI is InChI=1S/C20H21F3N6O/c1-12-14(11-25-28(12)2)10-24-19(30)16-9-18-26-15(13-6-4-3-5-7-13)8-17(20(21,22)23)29(18)27-16/h3-7,9,11,15,17,26H,8,10H2,1-2H3,(H,24,30)/t15-,17-/m0/s1. The molecule has 4 rings (SSSR count). The Kier molecular flexibility index (Phi) is 5.00. The molecule has 2 atom stereocenters. The molecule has 0 radical (unpaired) electrons. The third kappa shape index (κ3) is 3.77. The average molecular weight is 418 g/mol. The number of benzene rings is 1. The van der Waals surface area contributed by atoms with Gasteiger partial charge in [0.25, 0.3) is 5.91 Å². The van der Waals surface area contributed by atoms with Crippen LogP contribution in [0, 0.1) is 6.92 Å². The summed E-state index contributed by atoms with van der Waals surface area (Å²) in [6.07, 6.45) is -3.06. The van der Waals surface area contributed by atoms with Crippen LogP contribution in [0.25, 0.3) is 0 Å². The van der Waals surface area contributed by atoms with Gasteiger partial charge in [-0.2, -0.15) is 23.4 Å². The summed E-state index contributed by atoms with van der Waals surface area (Å²) in [4.78, 5) is 12.5. The van der Waals surface area contributed by atoms with E-state index >= 15 is 0 Å². The third-order valence-electron chi connectivity index (χ3n) is 5.40. The van der Waals surface area contributed by atoms with E-state index in [-0.39, 0.29) is 24.5 Å². The maximum atomic E-state index is 13.7. The molecule has 1 amide bonds. The molecule has 1 aliphatic heterocycles. The van der Waals surface area contributed by atoms with Gasteiger partial charge in [-0.3, -0.25) is 9.48 Å². The Hall–Kier alpha value is -3.30. The van der Waals surface area contributed by atoms with Crippen LogP contribution in [0.5, 0.6) is 0 Å². The highest BCUT2D eigenvalue weighted by Gasteiger charge is 2.46. The van der Waals surface area contributed by atoms with Crippen LogP contribution in [-0.4, -0.2) is 31.6 Å². The van der Waals surface area contributed by atoms with Crippen molar-refractivity contribution in [3.8, 4) is 0 Å². The molecule has 0 fully saturated rings. The van der Waals surface area contributed by atoms with Gasteiger partial charge in [-0.15, -0.1) is 0 Å². The monoisotopic (exact) mass is 418 g/mol. The Morgan fingerprint density at radius 1 is 1.30 bits per heavy atom. The van der Waals surface area contributed by atoms with E-state index in [4.69, 9.17) is 0 Å². The number of carbonyl (C=O) groups excluding carboxylic acids is 1. The molecule has 10 heteroatoms. The van der Waals surface area contributed by atoms with Gasteiger partial charge in [-0.25, -0.2) is 4.68 Å². The van der Waals surface area contributed by atoms with Gasteiger partial charge >= 0.3 is 6.18 Å². The summed E-state index contributed by atoms with van der Waals surface area (Å²) >= 11 is 0. The Balaban J connectivity index is 1.57. The number of aromatic nitrogens is 4. The Labute approximate surface area is 170 Å². The molecule has 2 aromatic heterocycles. The lowest BCUT2D eigenvalue weighted by Gasteiger charge is -2.33. The van der Waals surface area contributed by atoms with Crippen LogP contribution in [0.3, 0.4) is 0 Å². The summed E-state index contributed by atoms with van der Waals surface area (Å²) in [6.45, 7) is 2.08. The van der Waals surface area contributed by atoms with E-state index in [9.17, 15) is 18.0 Å². The first-order valence-corrected chi connectivity index (χ1v) is 9.47. The molecular formula is C20H21F3N6O. The van der Waals surface area contributed by atoms with Crippen molar-refractivity contribution in [3.05, 3.63) is 65.1 Å². The third-order valence-corrected chi connectivity index (χ3v) is 5.40. The van der Waals surface area contributed by atoms with Crippen LogP contribution < -0.4 is 10.6 Å². The minimum atomic E-state index is -4.49. The van der Waals surface area contributed by atoms with Gasteiger partial charge < -0.3 is 10.6 Å². The summed E-state index contributed by atoms with van der Waals surface area (Å²) in [5.41, 5.74) is 2.40. The van der Waals surface area contributed by atoms with E-state index in [1.165, 1.54) is 6.07 Å². The Bertz CT molecular complexity index is 1060. The van der Waals surface area contributed by atoms with Crippen LogP contribution in [0.15, 0.2) is 42.6 Å². The molecule has 0 saturated carbocycles. The first kappa shape index (κ1) is 20.0. The van der Waals surface area contributed by atoms with Gasteiger partial charge in [0, 0.05) is 37.3 Å². The molecule has 0 unspecified atom stereocenters. The van der Waals surface area contributed by atoms with Crippen molar-refractivity contribution >= 4 is 11.7 Å². The second-order valence-corrected chi connectivity index (χ2v) is 7.32. The average Bonchev–Trinajstić information content (AvgIpc) is 3.29. The number of alkyl halides is 3. The zero-order valence-electron chi connectivity index (χ0n) is 16.4. The van der Waals surface area contributed by atoms with Crippen LogP contribution in [0.2, 0.25) is 0 Å². The van der Waals surface area contributed by atoms with Crippen molar-refractivity contribution in [1.29, 1.82) is 0 Å². The molecule has 0 spiro atoms. The second kappa shape index (κ2) is 7.51. The van der Waals surface area contributed by atoms with E-state index in [2.05, 4.69) is 20.8 Å². The molecule has 30 heavy (non-hydrogen) atoms. The van der Waals surface area contributed by atoms with Crippen LogP contribution >= 0.6 is 0 Å². The number of hydrogen-bond donors (Lipinski definition) is 2. The summed E-state index contributed by atoms with van der Waals surface area (Å²) in [6, 6.07) is 7.94. The van der Waals surface area contributed by atoms with Gasteiger partial charge in [0.05, 0.1) is 12.2 Å². The van der Waals surface area contributed by atoms with Crippen molar-refractivity contribution in [2.75, 3.05) is 5.32 Å². The molecule has 3 heterocycles. The Morgan fingerprint density at radius 3 is 2.67 bits per heavy atom. The van der Waals surface area contributed by atoms with E-state index in [1.54, 1.807) is 42.2 Å². The minimum absolute atomic E-state index is 0.0676. The predicted molar refractivity (Wildman–Crippen MR) is 104 cm³/mol. The molecule has 1 aliphatic rings. The summed E-state index contributed by atoms with van der Waals surface area (Å²) < 4.78 is 43.8. The van der Waals surface area contributed by atoms with E-state index < -0.39 is 24.2 Å². The smallest absolute Gasteiger partial charge is 0.363 e. The van der Waals surface area contributed by atoms with Gasteiger partial charge in [-0.05, 0) is 12.5 Å². The van der Waals surface area contributed by atoms with Crippen LogP contribution in [-0.2, 0) is 13.6 Å². The number of fused-ring (bicyclic) bond motifs is 1. The van der Waals surface area contributed by atoms with Crippen molar-refractivity contribution < 1.29 is 18.0 Å². The highest BCUT2D eigenvalue weighted by molar-refractivity contribution is 5.93. The SMILES string of the molecule is Cc1c(CNC(=O)c2cc3n(n2)[C@H](C(F)(F)F)C[C@@H](c2ccccc2)N3)cnn1C. The maximum Gasteiger partial charge on any atom is 0.410 e. The van der Waals surface area contributed by atoms with Crippen molar-refractivity contribution in [2.45, 2.75) is 38.1 Å². The van der Waals surface area contributed by atoms with Gasteiger partial charge in [0.2, 0.25) is 0 Å². The lowest BCUT2D eigenvalue weighted by atomic mass is 9.97. The number of nitrogens with one attached hydrogen (secondary N) is 2. The maximum absolute atomic E-state index is 13.7. The van der Waals surface area contributed by atoms with Crippen molar-refractivity contribution in [2.24, 2.45) is 7.05 Å². The number of rotatable bonds is 4. The number of amides is 1. The fourth-order valence-electron chi connectivity index (χ4n) is 3.57. The molecule has 0 saturated heterocycles. The first-order chi connectivity index (χ1) is 14.2. The zero-order valence-corrected chi connectivity index (χ0v) is 16.4. The largest absolute Gasteiger partial charge is 0.410 e. The lowest BCUT2D eigenvalue weighted by molar-refractivity contribution is -0.173. The topological polar surface area (TPSA) is 76.8 Å². The van der Waals surface area contributed by atoms with Gasteiger partial charge in [0.15, 0.2) is 11.7 Å². The normalized spacial score (nSPS) is 18.6. The van der Waals surface area contributed by atoms with Crippen molar-refractivity contribution in [1.82, 2.24) is 24.9 Å². The zero-order chi connectivity index (χ0) is 21.5. The number of nitrogens with zero attached hydrogens (tertiary/aromatic N) is 4. The molecule has 2 N–H and O–H groups in total. The van der Waals surface area contributed by atoms with E-state index in [0.717, 1.165) is 21.5 Å². The van der Waals surface area contributed by atoms with Gasteiger partial charge in [0.1, 0.15) is 5.82 Å². The first-order valence-electron chi connectivity index (χ1n) is 9.47. The number of hydrogen-bond acceptors (Lipinski definition) is 4. The highest BCUT2D eigenvalue weighted by Crippen LogP contribution is 2.43. The van der Waals surface area contributed by atoms with E-state index in [1.807, 2.05) is 13.0 Å². The molecular weight excluding hydrogens is 397 g/mol. The molecule has 0 aliphatic carbocycles. The lowest BCUT2D eigenvalue weighted by Crippen LogP contribution is -2.35. The van der Waals surface area contributed by atoms with Crippen molar-refractivity contribution in [3.63, 3.8) is 0 Å². The molecule has 1 aromatic carbocycles. The molecule has 3 aromatic rings. The number of halogens is 3. The van der Waals surface area contributed by atoms with Gasteiger partial charge in [-0.1, -0.05) is 30.3 Å². The van der Waals surface area contributed by atoms with E-state index in [0.29, 0.717) is 0 Å². The Morgan fingerprint density at radius 2 is 2.03 bits per heavy atom. The number of aryl methyl sites for hydroxylation is 1. The molecule has 158 valence electrons. The quantitative estimate of drug-likeness (QED) is 0.680. The fraction of sp³-hybridized carbons (Fsp3) is 0.350. The highest BCUT2D eigenvalue weighted by atomic mass is 19.4.